The van der Waals surface area contributed by atoms with Gasteiger partial charge in [0.2, 0.25) is 0 Å². The topological polar surface area (TPSA) is 468 Å². The number of hydrogen-bond donors (Lipinski definition) is 4. The first-order valence-corrected chi connectivity index (χ1v) is 41.5. The van der Waals surface area contributed by atoms with Crippen LogP contribution in [-0.4, -0.2) is 89.0 Å². The van der Waals surface area contributed by atoms with Crippen molar-refractivity contribution in [3.8, 4) is 47.8 Å². The minimum absolute atomic E-state index is 0.0569. The summed E-state index contributed by atoms with van der Waals surface area (Å²) in [5.74, 6) is -2.30. The van der Waals surface area contributed by atoms with Gasteiger partial charge in [0.05, 0.1) is 58.7 Å². The standard InChI is InChI=1S/C54H66N8O8.C38H36N8O8/c1-31(2)37-23-21-33(5)27-45(37)69-53(67)39-17-11-13-19-43(39)57-59-47-41(29-55)35(7)49(63)61(51(47)65)25-15-9-10-16-26-62-50(64)36(8)42(30-56)48(52(62)66)60-58-44-20-14-12-18-40(44)54(68)70-46-28-34(6)22-24-38(46)32(3)4;1-21-27(17-39)31(43-41-29-14-7-5-12-25(29)37(51)53-3)35(49)45(33(21)47)19-23-10-9-11-24(16-23)20-46-34(48)22(2)28(18-40)32(36(46)50)44-42-30-15-8-6-13-26(30)38(52)54-4/h11-14,17-20,31-34,37-38,45-46,63-64H,9-10,15-16,21-28H2,1-8H3;5-8,12-15,23-24,47-48H,9-11,16,19-20H2,1-4H3. The number of carbonyl (C=O) groups excluding carboxylic acids is 4. The minimum atomic E-state index is -0.753. The Labute approximate surface area is 716 Å². The largest absolute Gasteiger partial charge is 0.494 e. The fourth-order valence-corrected chi connectivity index (χ4v) is 16.6. The normalized spacial score (nSPS) is 18.3. The van der Waals surface area contributed by atoms with E-state index in [1.165, 1.54) is 66.2 Å². The van der Waals surface area contributed by atoms with E-state index in [1.807, 2.05) is 24.3 Å². The van der Waals surface area contributed by atoms with Crippen LogP contribution in [0.15, 0.2) is 157 Å². The van der Waals surface area contributed by atoms with Gasteiger partial charge in [-0.05, 0) is 181 Å². The van der Waals surface area contributed by atoms with Crippen LogP contribution >= 0.6 is 0 Å². The number of methoxy groups -OCH3 is 2. The summed E-state index contributed by atoms with van der Waals surface area (Å²) in [6, 6.07) is 33.3. The van der Waals surface area contributed by atoms with E-state index in [9.17, 15) is 79.8 Å². The molecule has 3 aliphatic carbocycles. The number of hydrogen-bond acceptors (Lipinski definition) is 28. The highest BCUT2D eigenvalue weighted by atomic mass is 16.6. The first kappa shape index (κ1) is 92.4. The summed E-state index contributed by atoms with van der Waals surface area (Å²) in [6.07, 6.45) is 9.60. The summed E-state index contributed by atoms with van der Waals surface area (Å²) in [4.78, 5) is 107. The smallest absolute Gasteiger partial charge is 0.340 e. The highest BCUT2D eigenvalue weighted by Crippen LogP contribution is 2.42. The van der Waals surface area contributed by atoms with Crippen molar-refractivity contribution in [1.29, 1.82) is 21.0 Å². The quantitative estimate of drug-likeness (QED) is 0.0161. The van der Waals surface area contributed by atoms with Crippen LogP contribution in [0.3, 0.4) is 0 Å². The first-order chi connectivity index (χ1) is 59.4. The Kier molecular flexibility index (Phi) is 31.4. The number of rotatable bonds is 27. The van der Waals surface area contributed by atoms with Crippen LogP contribution in [0.4, 0.5) is 45.5 Å². The van der Waals surface area contributed by atoms with Crippen LogP contribution < -0.4 is 22.2 Å². The van der Waals surface area contributed by atoms with Gasteiger partial charge in [-0.25, -0.2) is 19.2 Å². The van der Waals surface area contributed by atoms with Gasteiger partial charge in [0.25, 0.3) is 22.2 Å². The number of unbranched alkanes of at least 4 members (excludes halogenated alkanes) is 3. The molecule has 8 unspecified atom stereocenters. The van der Waals surface area contributed by atoms with Crippen LogP contribution in [0.2, 0.25) is 0 Å². The molecule has 32 nitrogen and oxygen atoms in total. The molecule has 8 atom stereocenters. The van der Waals surface area contributed by atoms with E-state index in [1.54, 1.807) is 72.8 Å². The molecule has 4 N–H and O–H groups in total. The second-order valence-electron chi connectivity index (χ2n) is 32.6. The van der Waals surface area contributed by atoms with Crippen LogP contribution in [0, 0.1) is 120 Å². The molecule has 32 heteroatoms. The Balaban J connectivity index is 0.000000268. The van der Waals surface area contributed by atoms with E-state index in [4.69, 9.17) is 18.9 Å². The number of aromatic hydroxyl groups is 4. The second kappa shape index (κ2) is 42.1. The fraction of sp³-hybridized carbons (Fsp3) is 0.435. The van der Waals surface area contributed by atoms with Crippen molar-refractivity contribution in [3.63, 3.8) is 0 Å². The van der Waals surface area contributed by atoms with Crippen molar-refractivity contribution in [2.75, 3.05) is 14.2 Å². The molecule has 0 saturated heterocycles. The maximum Gasteiger partial charge on any atom is 0.340 e. The number of benzene rings is 4. The summed E-state index contributed by atoms with van der Waals surface area (Å²) in [5.41, 5.74) is -3.08. The zero-order valence-corrected chi connectivity index (χ0v) is 71.6. The lowest BCUT2D eigenvalue weighted by atomic mass is 9.75. The minimum Gasteiger partial charge on any atom is -0.494 e. The van der Waals surface area contributed by atoms with E-state index >= 15 is 0 Å². The van der Waals surface area contributed by atoms with Crippen molar-refractivity contribution < 1.29 is 58.6 Å². The number of nitrogens with zero attached hydrogens (tertiary/aromatic N) is 16. The molecule has 3 aliphatic rings. The van der Waals surface area contributed by atoms with E-state index in [2.05, 4.69) is 82.5 Å². The Hall–Kier alpha value is -13.9. The van der Waals surface area contributed by atoms with E-state index < -0.39 is 57.9 Å². The Morgan fingerprint density at radius 2 is 0.669 bits per heavy atom. The molecular formula is C92H102N16O16. The summed E-state index contributed by atoms with van der Waals surface area (Å²) in [7, 11) is 2.43. The molecule has 4 heterocycles. The molecule has 0 bridgehead atoms. The predicted octanol–water partition coefficient (Wildman–Crippen LogP) is 18.8. The van der Waals surface area contributed by atoms with Gasteiger partial charge in [-0.1, -0.05) is 122 Å². The van der Waals surface area contributed by atoms with Gasteiger partial charge in [-0.2, -0.15) is 21.0 Å². The highest BCUT2D eigenvalue weighted by molar-refractivity contribution is 5.97. The van der Waals surface area contributed by atoms with Crippen molar-refractivity contribution in [3.05, 3.63) is 205 Å². The third-order valence-corrected chi connectivity index (χ3v) is 23.7. The fourth-order valence-electron chi connectivity index (χ4n) is 16.6. The lowest BCUT2D eigenvalue weighted by Crippen LogP contribution is -2.35. The molecule has 4 aromatic carbocycles. The number of nitriles is 4. The van der Waals surface area contributed by atoms with E-state index in [-0.39, 0.29) is 186 Å². The number of pyridine rings is 4. The number of aromatic nitrogens is 4. The van der Waals surface area contributed by atoms with Gasteiger partial charge in [0, 0.05) is 48.4 Å². The zero-order chi connectivity index (χ0) is 89.9. The summed E-state index contributed by atoms with van der Waals surface area (Å²) in [5, 5.41) is 117. The molecule has 3 saturated carbocycles. The molecule has 0 aliphatic heterocycles. The lowest BCUT2D eigenvalue weighted by molar-refractivity contribution is -0.0181. The van der Waals surface area contributed by atoms with Crippen molar-refractivity contribution in [1.82, 2.24) is 18.3 Å². The van der Waals surface area contributed by atoms with E-state index in [0.29, 0.717) is 75.0 Å². The van der Waals surface area contributed by atoms with Gasteiger partial charge >= 0.3 is 23.9 Å². The lowest BCUT2D eigenvalue weighted by Gasteiger charge is -2.36. The van der Waals surface area contributed by atoms with Gasteiger partial charge in [-0.15, -0.1) is 40.9 Å². The SMILES string of the molecule is COC(=O)c1ccccc1N=Nc1c(C#N)c(C)c(O)n(CC2CCCC(Cn3c(O)c(C)c(C#N)c(N=Nc4ccccc4C(=O)OC)c3=O)C2)c1=O.Cc1c(C#N)c(N=Nc2ccccc2C(=O)OC2CC(C)CCC2C(C)C)c(=O)n(CCCCCCn2c(O)c(C)c(C#N)c(N=Nc3ccccc3C(=O)OC3CC(C)CCC3C(C)C)c2=O)c1O. The average molecular weight is 1690 g/mol. The maximum absolute atomic E-state index is 13.9. The molecule has 646 valence electrons. The van der Waals surface area contributed by atoms with E-state index in [0.717, 1.165) is 56.8 Å². The van der Waals surface area contributed by atoms with Gasteiger partial charge in [-0.3, -0.25) is 37.4 Å². The van der Waals surface area contributed by atoms with Gasteiger partial charge in [0.15, 0.2) is 46.3 Å². The third kappa shape index (κ3) is 21.0. The Bertz CT molecular complexity index is 5590. The van der Waals surface area contributed by atoms with Gasteiger partial charge < -0.3 is 39.4 Å². The van der Waals surface area contributed by atoms with Crippen molar-refractivity contribution >= 4 is 69.4 Å². The molecule has 11 rings (SSSR count). The molecule has 3 fully saturated rings. The van der Waals surface area contributed by atoms with Crippen LogP contribution in [0.1, 0.15) is 217 Å². The molecule has 124 heavy (non-hydrogen) atoms. The van der Waals surface area contributed by atoms with Crippen LogP contribution in [0.5, 0.6) is 23.5 Å². The Morgan fingerprint density at radius 3 is 0.952 bits per heavy atom. The molecular weight excluding hydrogens is 1590 g/mol. The molecule has 4 aromatic heterocycles. The zero-order valence-electron chi connectivity index (χ0n) is 71.6. The number of azo groups is 4. The monoisotopic (exact) mass is 1690 g/mol. The van der Waals surface area contributed by atoms with Crippen LogP contribution in [0.25, 0.3) is 0 Å². The first-order valence-electron chi connectivity index (χ1n) is 41.5. The average Bonchev–Trinajstić information content (AvgIpc) is 0.785. The summed E-state index contributed by atoms with van der Waals surface area (Å²) < 4.78 is 26.3. The molecule has 8 aromatic rings. The number of ether oxygens (including phenoxy) is 4. The molecule has 0 radical (unpaired) electrons. The number of esters is 4. The highest BCUT2D eigenvalue weighted by Gasteiger charge is 2.37. The predicted molar refractivity (Wildman–Crippen MR) is 457 cm³/mol. The summed E-state index contributed by atoms with van der Waals surface area (Å²) in [6.45, 7) is 19.1. The Morgan fingerprint density at radius 1 is 0.395 bits per heavy atom. The maximum atomic E-state index is 13.9. The number of carbonyl (C=O) groups is 4. The second-order valence-corrected chi connectivity index (χ2v) is 32.6. The van der Waals surface area contributed by atoms with Gasteiger partial charge in [0.1, 0.15) is 59.2 Å². The van der Waals surface area contributed by atoms with Crippen molar-refractivity contribution in [2.24, 2.45) is 88.3 Å². The molecule has 0 amide bonds. The molecule has 0 spiro atoms. The van der Waals surface area contributed by atoms with Crippen molar-refractivity contribution in [2.45, 2.75) is 198 Å². The summed E-state index contributed by atoms with van der Waals surface area (Å²) >= 11 is 0. The third-order valence-electron chi connectivity index (χ3n) is 23.7. The van der Waals surface area contributed by atoms with Crippen LogP contribution in [-0.2, 0) is 45.1 Å².